The number of aryl methyl sites for hydroxylation is 1. The Kier molecular flexibility index (Phi) is 5.61. The van der Waals surface area contributed by atoms with Gasteiger partial charge in [-0.1, -0.05) is 54.6 Å². The Labute approximate surface area is 169 Å². The van der Waals surface area contributed by atoms with Crippen molar-refractivity contribution in [3.8, 4) is 0 Å². The van der Waals surface area contributed by atoms with E-state index in [4.69, 9.17) is 9.84 Å². The van der Waals surface area contributed by atoms with Crippen molar-refractivity contribution in [2.24, 2.45) is 0 Å². The van der Waals surface area contributed by atoms with E-state index in [1.807, 2.05) is 0 Å². The Balaban J connectivity index is 1.41. The molecule has 0 aliphatic rings. The molecular weight excluding hydrogens is 364 g/mol. The van der Waals surface area contributed by atoms with Crippen molar-refractivity contribution < 1.29 is 19.4 Å². The second kappa shape index (κ2) is 8.48. The minimum absolute atomic E-state index is 0.117. The molecule has 1 N–H and O–H groups in total. The van der Waals surface area contributed by atoms with Crippen molar-refractivity contribution in [2.45, 2.75) is 38.5 Å². The predicted octanol–water partition coefficient (Wildman–Crippen LogP) is 5.70. The van der Waals surface area contributed by atoms with E-state index in [0.29, 0.717) is 25.9 Å². The number of hydrogen-bond acceptors (Lipinski definition) is 3. The van der Waals surface area contributed by atoms with Gasteiger partial charge < -0.3 is 9.84 Å². The van der Waals surface area contributed by atoms with Crippen molar-refractivity contribution >= 4 is 44.3 Å². The summed E-state index contributed by atoms with van der Waals surface area (Å²) < 4.78 is 5.21. The van der Waals surface area contributed by atoms with Crippen LogP contribution in [0.15, 0.2) is 54.6 Å². The maximum Gasteiger partial charge on any atom is 0.305 e. The first kappa shape index (κ1) is 19.2. The molecular formula is C25H24O4. The van der Waals surface area contributed by atoms with Gasteiger partial charge in [-0.05, 0) is 63.6 Å². The number of ether oxygens (including phenoxy) is 1. The molecule has 4 nitrogen and oxygen atoms in total. The highest BCUT2D eigenvalue weighted by molar-refractivity contribution is 6.23. The number of carbonyl (C=O) groups excluding carboxylic acids is 1. The number of esters is 1. The number of rotatable bonds is 9. The van der Waals surface area contributed by atoms with Gasteiger partial charge in [-0.15, -0.1) is 0 Å². The average Bonchev–Trinajstić information content (AvgIpc) is 2.72. The molecule has 4 aromatic carbocycles. The molecule has 0 unspecified atom stereocenters. The highest BCUT2D eigenvalue weighted by atomic mass is 16.5. The van der Waals surface area contributed by atoms with Crippen molar-refractivity contribution in [3.63, 3.8) is 0 Å². The summed E-state index contributed by atoms with van der Waals surface area (Å²) in [6.45, 7) is 0.296. The predicted molar refractivity (Wildman–Crippen MR) is 116 cm³/mol. The van der Waals surface area contributed by atoms with Gasteiger partial charge in [-0.25, -0.2) is 0 Å². The molecule has 4 aromatic rings. The standard InChI is InChI=1S/C25H24O4/c26-22(27)8-1-2-16-29-23(28)9-4-5-17-10-11-20-13-12-18-6-3-7-19-14-15-21(17)25(20)24(18)19/h3,6-7,10-15H,1-2,4-5,8-9,16H2,(H,26,27). The van der Waals surface area contributed by atoms with Crippen LogP contribution in [0.3, 0.4) is 0 Å². The van der Waals surface area contributed by atoms with Crippen LogP contribution >= 0.6 is 0 Å². The van der Waals surface area contributed by atoms with Crippen LogP contribution in [-0.4, -0.2) is 23.7 Å². The zero-order valence-corrected chi connectivity index (χ0v) is 16.3. The molecule has 0 atom stereocenters. The fourth-order valence-electron chi connectivity index (χ4n) is 4.07. The first-order valence-electron chi connectivity index (χ1n) is 10.2. The van der Waals surface area contributed by atoms with Gasteiger partial charge in [0, 0.05) is 12.8 Å². The van der Waals surface area contributed by atoms with Gasteiger partial charge in [0.1, 0.15) is 0 Å². The monoisotopic (exact) mass is 388 g/mol. The van der Waals surface area contributed by atoms with Gasteiger partial charge in [0.15, 0.2) is 0 Å². The maximum atomic E-state index is 11.9. The van der Waals surface area contributed by atoms with Gasteiger partial charge in [0.2, 0.25) is 0 Å². The third kappa shape index (κ3) is 4.16. The lowest BCUT2D eigenvalue weighted by molar-refractivity contribution is -0.143. The lowest BCUT2D eigenvalue weighted by Crippen LogP contribution is -2.07. The molecule has 148 valence electrons. The van der Waals surface area contributed by atoms with Gasteiger partial charge in [0.05, 0.1) is 6.61 Å². The lowest BCUT2D eigenvalue weighted by Gasteiger charge is -2.13. The first-order valence-corrected chi connectivity index (χ1v) is 10.2. The molecule has 0 heterocycles. The number of hydrogen-bond donors (Lipinski definition) is 1. The van der Waals surface area contributed by atoms with E-state index in [1.54, 1.807) is 0 Å². The molecule has 0 aromatic heterocycles. The lowest BCUT2D eigenvalue weighted by atomic mass is 9.90. The Hall–Kier alpha value is -3.14. The summed E-state index contributed by atoms with van der Waals surface area (Å²) in [5.41, 5.74) is 1.25. The molecule has 0 saturated carbocycles. The third-order valence-electron chi connectivity index (χ3n) is 5.49. The Morgan fingerprint density at radius 2 is 1.45 bits per heavy atom. The van der Waals surface area contributed by atoms with Crippen LogP contribution in [0.2, 0.25) is 0 Å². The van der Waals surface area contributed by atoms with Crippen LogP contribution in [0.4, 0.5) is 0 Å². The molecule has 0 fully saturated rings. The number of carboxylic acid groups (broad SMARTS) is 1. The van der Waals surface area contributed by atoms with Crippen LogP contribution in [-0.2, 0) is 20.7 Å². The van der Waals surface area contributed by atoms with Crippen LogP contribution in [0, 0.1) is 0 Å². The fraction of sp³-hybridized carbons (Fsp3) is 0.280. The number of aliphatic carboxylic acids is 1. The molecule has 4 heteroatoms. The molecule has 4 rings (SSSR count). The Bertz CT molecular complexity index is 1150. The molecule has 0 bridgehead atoms. The topological polar surface area (TPSA) is 63.6 Å². The Morgan fingerprint density at radius 1 is 0.759 bits per heavy atom. The zero-order chi connectivity index (χ0) is 20.2. The highest BCUT2D eigenvalue weighted by Crippen LogP contribution is 2.36. The first-order chi connectivity index (χ1) is 14.1. The summed E-state index contributed by atoms with van der Waals surface area (Å²) in [4.78, 5) is 22.4. The number of carbonyl (C=O) groups is 2. The summed E-state index contributed by atoms with van der Waals surface area (Å²) in [6.07, 6.45) is 3.17. The molecule has 0 amide bonds. The van der Waals surface area contributed by atoms with Crippen LogP contribution in [0.25, 0.3) is 32.3 Å². The fourth-order valence-corrected chi connectivity index (χ4v) is 4.07. The van der Waals surface area contributed by atoms with Crippen LogP contribution in [0.5, 0.6) is 0 Å². The second-order valence-electron chi connectivity index (χ2n) is 7.51. The quantitative estimate of drug-likeness (QED) is 0.227. The SMILES string of the molecule is O=C(O)CCCCOC(=O)CCCc1ccc2ccc3cccc4ccc1c2c34. The molecule has 0 aliphatic heterocycles. The van der Waals surface area contributed by atoms with Crippen molar-refractivity contribution in [1.82, 2.24) is 0 Å². The average molecular weight is 388 g/mol. The maximum absolute atomic E-state index is 11.9. The van der Waals surface area contributed by atoms with Crippen molar-refractivity contribution in [2.75, 3.05) is 6.61 Å². The smallest absolute Gasteiger partial charge is 0.305 e. The van der Waals surface area contributed by atoms with E-state index in [2.05, 4.69) is 54.6 Å². The summed E-state index contributed by atoms with van der Waals surface area (Å²) in [5, 5.41) is 16.2. The molecule has 0 radical (unpaired) electrons. The molecule has 0 spiro atoms. The van der Waals surface area contributed by atoms with Gasteiger partial charge >= 0.3 is 11.9 Å². The van der Waals surface area contributed by atoms with E-state index in [9.17, 15) is 9.59 Å². The second-order valence-corrected chi connectivity index (χ2v) is 7.51. The molecule has 29 heavy (non-hydrogen) atoms. The van der Waals surface area contributed by atoms with Crippen molar-refractivity contribution in [3.05, 3.63) is 60.2 Å². The Morgan fingerprint density at radius 3 is 2.21 bits per heavy atom. The van der Waals surface area contributed by atoms with Crippen molar-refractivity contribution in [1.29, 1.82) is 0 Å². The van der Waals surface area contributed by atoms with E-state index < -0.39 is 5.97 Å². The van der Waals surface area contributed by atoms with Gasteiger partial charge in [-0.3, -0.25) is 9.59 Å². The van der Waals surface area contributed by atoms with Crippen LogP contribution in [0.1, 0.15) is 37.7 Å². The highest BCUT2D eigenvalue weighted by Gasteiger charge is 2.11. The summed E-state index contributed by atoms with van der Waals surface area (Å²) >= 11 is 0. The summed E-state index contributed by atoms with van der Waals surface area (Å²) in [7, 11) is 0. The molecule has 0 saturated heterocycles. The van der Waals surface area contributed by atoms with Gasteiger partial charge in [-0.2, -0.15) is 0 Å². The van der Waals surface area contributed by atoms with E-state index in [1.165, 1.54) is 37.9 Å². The van der Waals surface area contributed by atoms with E-state index >= 15 is 0 Å². The third-order valence-corrected chi connectivity index (χ3v) is 5.49. The normalized spacial score (nSPS) is 11.4. The largest absolute Gasteiger partial charge is 0.481 e. The van der Waals surface area contributed by atoms with Crippen LogP contribution < -0.4 is 0 Å². The summed E-state index contributed by atoms with van der Waals surface area (Å²) in [6, 6.07) is 19.5. The van der Waals surface area contributed by atoms with E-state index in [-0.39, 0.29) is 12.4 Å². The minimum Gasteiger partial charge on any atom is -0.481 e. The molecule has 0 aliphatic carbocycles. The van der Waals surface area contributed by atoms with Gasteiger partial charge in [0.25, 0.3) is 0 Å². The van der Waals surface area contributed by atoms with E-state index in [0.717, 1.165) is 12.8 Å². The zero-order valence-electron chi connectivity index (χ0n) is 16.3. The number of unbranched alkanes of at least 4 members (excludes halogenated alkanes) is 1. The number of carboxylic acids is 1. The number of benzene rings is 4. The minimum atomic E-state index is -0.815. The summed E-state index contributed by atoms with van der Waals surface area (Å²) in [5.74, 6) is -1.03.